The van der Waals surface area contributed by atoms with Crippen LogP contribution in [0.1, 0.15) is 49.9 Å². The van der Waals surface area contributed by atoms with Gasteiger partial charge in [-0.15, -0.1) is 0 Å². The number of fused-ring (bicyclic) bond motifs is 6. The van der Waals surface area contributed by atoms with E-state index in [0.717, 1.165) is 12.8 Å². The molecule has 0 amide bonds. The molecule has 4 heteroatoms. The van der Waals surface area contributed by atoms with Crippen LogP contribution in [0.4, 0.5) is 22.7 Å². The topological polar surface area (TPSA) is 6.48 Å². The van der Waals surface area contributed by atoms with Crippen LogP contribution in [0.15, 0.2) is 84.9 Å². The summed E-state index contributed by atoms with van der Waals surface area (Å²) in [5.74, 6) is 0. The molecule has 1 aliphatic heterocycles. The summed E-state index contributed by atoms with van der Waals surface area (Å²) in [4.78, 5) is 5.10. The van der Waals surface area contributed by atoms with Gasteiger partial charge in [-0.1, -0.05) is 0 Å². The summed E-state index contributed by atoms with van der Waals surface area (Å²) in [7, 11) is 1.71. The van der Waals surface area contributed by atoms with E-state index >= 15 is 0 Å². The molecule has 43 heavy (non-hydrogen) atoms. The first-order valence-corrected chi connectivity index (χ1v) is 19.8. The van der Waals surface area contributed by atoms with Crippen molar-refractivity contribution in [1.82, 2.24) is 0 Å². The number of hydrogen-bond acceptors (Lipinski definition) is 2. The van der Waals surface area contributed by atoms with Gasteiger partial charge in [0.15, 0.2) is 0 Å². The molecule has 0 saturated heterocycles. The molecule has 0 saturated carbocycles. The molecule has 0 radical (unpaired) electrons. The Labute approximate surface area is 260 Å². The van der Waals surface area contributed by atoms with E-state index in [1.807, 2.05) is 0 Å². The molecule has 4 aromatic rings. The molecule has 1 atom stereocenters. The average Bonchev–Trinajstić information content (AvgIpc) is 3.67. The standard InChI is InChI=1S/C39H44N2P2/c1-26(2)42-36-20-10-8-18-32(36)40(5)33-19-9-11-21-38(33)43(7,27(3)4)39-25-31-17-13-15-29(31)23-35(39)41(6)34-22-28-14-12-16-30(28)24-37(34)42/h8-14,17-27,43H,15-16H2,1-7H3. The molecule has 1 heterocycles. The van der Waals surface area contributed by atoms with E-state index in [1.165, 1.54) is 60.9 Å². The summed E-state index contributed by atoms with van der Waals surface area (Å²) in [6, 6.07) is 28.7. The Kier molecular flexibility index (Phi) is 7.16. The third kappa shape index (κ3) is 4.44. The van der Waals surface area contributed by atoms with E-state index in [9.17, 15) is 0 Å². The Morgan fingerprint density at radius 2 is 1.23 bits per heavy atom. The Hall–Kier alpha value is -3.18. The third-order valence-electron chi connectivity index (χ3n) is 10.3. The van der Waals surface area contributed by atoms with Crippen molar-refractivity contribution in [2.75, 3.05) is 30.6 Å². The van der Waals surface area contributed by atoms with Crippen LogP contribution in [-0.4, -0.2) is 32.1 Å². The van der Waals surface area contributed by atoms with Gasteiger partial charge in [0.2, 0.25) is 0 Å². The Balaban J connectivity index is 1.64. The fraction of sp³-hybridized carbons (Fsp3) is 0.282. The van der Waals surface area contributed by atoms with Gasteiger partial charge in [0.05, 0.1) is 0 Å². The van der Waals surface area contributed by atoms with E-state index in [1.54, 1.807) is 5.30 Å². The predicted molar refractivity (Wildman–Crippen MR) is 197 cm³/mol. The summed E-state index contributed by atoms with van der Waals surface area (Å²) >= 11 is 0. The van der Waals surface area contributed by atoms with E-state index < -0.39 is 15.2 Å². The first-order valence-electron chi connectivity index (χ1n) is 15.8. The van der Waals surface area contributed by atoms with Gasteiger partial charge >= 0.3 is 261 Å². The zero-order chi connectivity index (χ0) is 30.0. The van der Waals surface area contributed by atoms with Crippen LogP contribution in [0.2, 0.25) is 0 Å². The quantitative estimate of drug-likeness (QED) is 0.213. The fourth-order valence-corrected chi connectivity index (χ4v) is 14.4. The minimum atomic E-state index is -2.29. The molecule has 7 rings (SSSR count). The number of rotatable bonds is 2. The van der Waals surface area contributed by atoms with Gasteiger partial charge in [-0.2, -0.15) is 0 Å². The van der Waals surface area contributed by atoms with E-state index in [2.05, 4.69) is 155 Å². The van der Waals surface area contributed by atoms with E-state index in [-0.39, 0.29) is 0 Å². The van der Waals surface area contributed by atoms with Crippen molar-refractivity contribution in [2.24, 2.45) is 0 Å². The minimum absolute atomic E-state index is 0.487. The Morgan fingerprint density at radius 1 is 0.628 bits per heavy atom. The van der Waals surface area contributed by atoms with E-state index in [0.29, 0.717) is 11.3 Å². The molecular formula is C39H44N2P2. The summed E-state index contributed by atoms with van der Waals surface area (Å²) in [5, 5.41) is 6.03. The van der Waals surface area contributed by atoms with Gasteiger partial charge < -0.3 is 0 Å². The van der Waals surface area contributed by atoms with Crippen molar-refractivity contribution in [1.29, 1.82) is 0 Å². The van der Waals surface area contributed by atoms with E-state index in [4.69, 9.17) is 0 Å². The molecule has 3 aliphatic rings. The van der Waals surface area contributed by atoms with Crippen LogP contribution >= 0.6 is 15.2 Å². The number of allylic oxidation sites excluding steroid dienone is 2. The fourth-order valence-electron chi connectivity index (χ4n) is 7.60. The molecule has 0 N–H and O–H groups in total. The number of nitrogens with zero attached hydrogens (tertiary/aromatic N) is 2. The maximum absolute atomic E-state index is 2.62. The predicted octanol–water partition coefficient (Wildman–Crippen LogP) is 8.25. The zero-order valence-corrected chi connectivity index (χ0v) is 28.5. The normalized spacial score (nSPS) is 18.8. The van der Waals surface area contributed by atoms with Gasteiger partial charge in [0, 0.05) is 0 Å². The van der Waals surface area contributed by atoms with Crippen molar-refractivity contribution < 1.29 is 0 Å². The van der Waals surface area contributed by atoms with Crippen molar-refractivity contribution in [3.8, 4) is 0 Å². The molecule has 0 aromatic heterocycles. The van der Waals surface area contributed by atoms with Crippen molar-refractivity contribution in [3.63, 3.8) is 0 Å². The second kappa shape index (κ2) is 10.8. The molecule has 2 aliphatic carbocycles. The van der Waals surface area contributed by atoms with Gasteiger partial charge in [0.1, 0.15) is 0 Å². The first-order chi connectivity index (χ1) is 20.7. The maximum atomic E-state index is 2.62. The molecule has 1 unspecified atom stereocenters. The Bertz CT molecular complexity index is 1800. The summed E-state index contributed by atoms with van der Waals surface area (Å²) in [5.41, 5.74) is 12.1. The second-order valence-electron chi connectivity index (χ2n) is 13.3. The number of para-hydroxylation sites is 2. The summed E-state index contributed by atoms with van der Waals surface area (Å²) in [6.45, 7) is 12.4. The third-order valence-corrected chi connectivity index (χ3v) is 18.5. The average molecular weight is 603 g/mol. The van der Waals surface area contributed by atoms with Gasteiger partial charge in [-0.25, -0.2) is 0 Å². The number of hydrogen-bond donors (Lipinski definition) is 0. The Morgan fingerprint density at radius 3 is 1.93 bits per heavy atom. The van der Waals surface area contributed by atoms with Gasteiger partial charge in [-0.3, -0.25) is 0 Å². The number of benzene rings is 4. The van der Waals surface area contributed by atoms with Gasteiger partial charge in [0.25, 0.3) is 0 Å². The van der Waals surface area contributed by atoms with Crippen molar-refractivity contribution in [3.05, 3.63) is 107 Å². The molecule has 0 fully saturated rings. The van der Waals surface area contributed by atoms with Crippen molar-refractivity contribution >= 4 is 71.3 Å². The number of anilines is 4. The van der Waals surface area contributed by atoms with Crippen molar-refractivity contribution in [2.45, 2.75) is 51.9 Å². The molecular weight excluding hydrogens is 558 g/mol. The zero-order valence-electron chi connectivity index (χ0n) is 26.6. The SMILES string of the molecule is CC(C)P1c2ccccc2N(C)c2ccccc2[PH](C)(C(C)C)c2cc3c(cc2N(C)c2cc4c(cc21)CC=C4)CC=C3. The molecule has 2 nitrogen and oxygen atoms in total. The molecule has 0 bridgehead atoms. The van der Waals surface area contributed by atoms with Crippen LogP contribution in [-0.2, 0) is 12.8 Å². The summed E-state index contributed by atoms with van der Waals surface area (Å²) in [6.07, 6.45) is 11.4. The molecule has 4 aromatic carbocycles. The van der Waals surface area contributed by atoms with Crippen LogP contribution in [0.25, 0.3) is 12.2 Å². The van der Waals surface area contributed by atoms with Crippen LogP contribution in [0, 0.1) is 0 Å². The van der Waals surface area contributed by atoms with Crippen LogP contribution in [0.5, 0.6) is 0 Å². The van der Waals surface area contributed by atoms with Gasteiger partial charge in [-0.05, 0) is 0 Å². The monoisotopic (exact) mass is 602 g/mol. The van der Waals surface area contributed by atoms with Crippen LogP contribution in [0.3, 0.4) is 0 Å². The first kappa shape index (κ1) is 28.6. The molecule has 220 valence electrons. The second-order valence-corrected chi connectivity index (χ2v) is 20.6. The summed E-state index contributed by atoms with van der Waals surface area (Å²) < 4.78 is 0. The van der Waals surface area contributed by atoms with Crippen LogP contribution < -0.4 is 31.0 Å². The molecule has 0 spiro atoms.